The zero-order valence-electron chi connectivity index (χ0n) is 16.2. The Balaban J connectivity index is 0.000000221. The molecule has 1 unspecified atom stereocenters. The van der Waals surface area contributed by atoms with E-state index in [-0.39, 0.29) is 5.41 Å². The molecule has 150 valence electrons. The lowest BCUT2D eigenvalue weighted by atomic mass is 9.71. The summed E-state index contributed by atoms with van der Waals surface area (Å²) in [6.45, 7) is 8.06. The van der Waals surface area contributed by atoms with Crippen LogP contribution in [0.25, 0.3) is 0 Å². The minimum atomic E-state index is -0.635. The molecule has 4 N–H and O–H groups in total. The Bertz CT molecular complexity index is 660. The average molecular weight is 396 g/mol. The van der Waals surface area contributed by atoms with Crippen LogP contribution in [0.2, 0.25) is 5.02 Å². The predicted molar refractivity (Wildman–Crippen MR) is 107 cm³/mol. The van der Waals surface area contributed by atoms with Crippen molar-refractivity contribution in [2.75, 3.05) is 36.8 Å². The molecule has 27 heavy (non-hydrogen) atoms. The van der Waals surface area contributed by atoms with Gasteiger partial charge in [0.25, 0.3) is 0 Å². The van der Waals surface area contributed by atoms with Crippen molar-refractivity contribution < 1.29 is 9.90 Å². The highest BCUT2D eigenvalue weighted by molar-refractivity contribution is 6.33. The summed E-state index contributed by atoms with van der Waals surface area (Å²) in [5.74, 6) is 2.03. The number of carbonyl (C=O) groups is 1. The molecule has 2 saturated heterocycles. The van der Waals surface area contributed by atoms with E-state index in [0.717, 1.165) is 62.4 Å². The van der Waals surface area contributed by atoms with E-state index in [1.807, 2.05) is 6.92 Å². The van der Waals surface area contributed by atoms with Crippen molar-refractivity contribution in [1.29, 1.82) is 0 Å². The number of nitrogens with two attached hydrogens (primary N) is 1. The van der Waals surface area contributed by atoms with Crippen molar-refractivity contribution in [3.05, 3.63) is 10.7 Å². The van der Waals surface area contributed by atoms with Crippen LogP contribution in [0.5, 0.6) is 0 Å². The van der Waals surface area contributed by atoms with Gasteiger partial charge in [0, 0.05) is 13.1 Å². The molecule has 1 aromatic heterocycles. The van der Waals surface area contributed by atoms with Gasteiger partial charge in [0.2, 0.25) is 5.95 Å². The van der Waals surface area contributed by atoms with E-state index in [1.165, 1.54) is 19.4 Å². The van der Waals surface area contributed by atoms with Gasteiger partial charge in [0.1, 0.15) is 10.8 Å². The summed E-state index contributed by atoms with van der Waals surface area (Å²) in [6.07, 6.45) is 5.45. The number of carboxylic acids is 1. The van der Waals surface area contributed by atoms with Crippen LogP contribution in [0.1, 0.15) is 44.7 Å². The van der Waals surface area contributed by atoms with Crippen molar-refractivity contribution in [3.63, 3.8) is 0 Å². The van der Waals surface area contributed by atoms with Crippen LogP contribution in [-0.4, -0.2) is 47.2 Å². The lowest BCUT2D eigenvalue weighted by Crippen LogP contribution is -2.53. The fourth-order valence-corrected chi connectivity index (χ4v) is 3.97. The third-order valence-corrected chi connectivity index (χ3v) is 6.67. The van der Waals surface area contributed by atoms with Gasteiger partial charge in [-0.05, 0) is 64.5 Å². The molecular formula is C19H30ClN5O2. The largest absolute Gasteiger partial charge is 0.481 e. The van der Waals surface area contributed by atoms with Crippen molar-refractivity contribution in [3.8, 4) is 0 Å². The Morgan fingerprint density at radius 2 is 2.00 bits per heavy atom. The zero-order valence-corrected chi connectivity index (χ0v) is 16.9. The molecule has 7 nitrogen and oxygen atoms in total. The summed E-state index contributed by atoms with van der Waals surface area (Å²) in [7, 11) is 0. The van der Waals surface area contributed by atoms with Gasteiger partial charge in [-0.3, -0.25) is 4.79 Å². The summed E-state index contributed by atoms with van der Waals surface area (Å²) in [6, 6.07) is 0. The fourth-order valence-electron chi connectivity index (χ4n) is 3.88. The van der Waals surface area contributed by atoms with Gasteiger partial charge in [-0.25, -0.2) is 4.98 Å². The predicted octanol–water partition coefficient (Wildman–Crippen LogP) is 2.72. The highest BCUT2D eigenvalue weighted by Crippen LogP contribution is 2.40. The van der Waals surface area contributed by atoms with Crippen molar-refractivity contribution in [2.45, 2.75) is 46.0 Å². The standard InChI is InChI=1S/C13H20ClN5.C6H10O2/c1-8-11(14)12(15)18-13(17-8)19-6-10(7-19)9-3-2-4-16-5-9;1-6(5(7)8)3-2-4-6/h9-10,16H,2-7H2,1H3,(H2,15,17,18);2-4H2,1H3,(H,7,8). The Morgan fingerprint density at radius 3 is 2.44 bits per heavy atom. The Kier molecular flexibility index (Phi) is 6.11. The summed E-state index contributed by atoms with van der Waals surface area (Å²) in [4.78, 5) is 21.2. The monoisotopic (exact) mass is 395 g/mol. The number of halogens is 1. The molecule has 0 spiro atoms. The van der Waals surface area contributed by atoms with Crippen LogP contribution in [-0.2, 0) is 4.79 Å². The van der Waals surface area contributed by atoms with Crippen molar-refractivity contribution in [1.82, 2.24) is 15.3 Å². The lowest BCUT2D eigenvalue weighted by molar-refractivity contribution is -0.152. The van der Waals surface area contributed by atoms with E-state index < -0.39 is 5.97 Å². The summed E-state index contributed by atoms with van der Waals surface area (Å²) in [5, 5.41) is 12.4. The number of carboxylic acid groups (broad SMARTS) is 1. The number of piperidine rings is 1. The number of anilines is 2. The molecule has 8 heteroatoms. The fraction of sp³-hybridized carbons (Fsp3) is 0.737. The van der Waals surface area contributed by atoms with Crippen LogP contribution < -0.4 is 16.0 Å². The van der Waals surface area contributed by atoms with E-state index in [1.54, 1.807) is 6.92 Å². The Labute approximate surface area is 165 Å². The van der Waals surface area contributed by atoms with Crippen LogP contribution in [0.4, 0.5) is 11.8 Å². The minimum Gasteiger partial charge on any atom is -0.481 e. The topological polar surface area (TPSA) is 104 Å². The van der Waals surface area contributed by atoms with Crippen LogP contribution in [0.3, 0.4) is 0 Å². The summed E-state index contributed by atoms with van der Waals surface area (Å²) < 4.78 is 0. The number of nitrogens with one attached hydrogen (secondary N) is 1. The first-order chi connectivity index (χ1) is 12.8. The van der Waals surface area contributed by atoms with E-state index in [4.69, 9.17) is 22.4 Å². The highest BCUT2D eigenvalue weighted by atomic mass is 35.5. The summed E-state index contributed by atoms with van der Waals surface area (Å²) in [5.41, 5.74) is 6.19. The number of aryl methyl sites for hydroxylation is 1. The molecule has 1 aromatic rings. The van der Waals surface area contributed by atoms with Crippen LogP contribution in [0.15, 0.2) is 0 Å². The molecule has 0 aromatic carbocycles. The number of hydrogen-bond acceptors (Lipinski definition) is 6. The van der Waals surface area contributed by atoms with Gasteiger partial charge in [0.05, 0.1) is 11.1 Å². The maximum Gasteiger partial charge on any atom is 0.309 e. The second-order valence-electron chi connectivity index (χ2n) is 8.30. The third-order valence-electron chi connectivity index (χ3n) is 6.20. The first-order valence-electron chi connectivity index (χ1n) is 9.79. The molecule has 2 aliphatic heterocycles. The number of aromatic nitrogens is 2. The first-order valence-corrected chi connectivity index (χ1v) is 10.2. The molecule has 0 bridgehead atoms. The van der Waals surface area contributed by atoms with Crippen LogP contribution in [0, 0.1) is 24.2 Å². The molecule has 3 fully saturated rings. The molecule has 1 saturated carbocycles. The van der Waals surface area contributed by atoms with E-state index in [0.29, 0.717) is 10.8 Å². The van der Waals surface area contributed by atoms with Gasteiger partial charge in [-0.15, -0.1) is 0 Å². The molecule has 0 radical (unpaired) electrons. The highest BCUT2D eigenvalue weighted by Gasteiger charge is 2.39. The van der Waals surface area contributed by atoms with Crippen molar-refractivity contribution >= 4 is 29.3 Å². The second kappa shape index (κ2) is 8.19. The molecule has 3 heterocycles. The smallest absolute Gasteiger partial charge is 0.309 e. The zero-order chi connectivity index (χ0) is 19.6. The second-order valence-corrected chi connectivity index (χ2v) is 8.68. The lowest BCUT2D eigenvalue weighted by Gasteiger charge is -2.44. The molecule has 4 rings (SSSR count). The van der Waals surface area contributed by atoms with E-state index >= 15 is 0 Å². The minimum absolute atomic E-state index is 0.361. The number of hydrogen-bond donors (Lipinski definition) is 3. The average Bonchev–Trinajstić information content (AvgIpc) is 2.57. The van der Waals surface area contributed by atoms with Gasteiger partial charge >= 0.3 is 5.97 Å². The number of nitrogen functional groups attached to an aromatic ring is 1. The molecular weight excluding hydrogens is 366 g/mol. The summed E-state index contributed by atoms with van der Waals surface area (Å²) >= 11 is 5.99. The SMILES string of the molecule is CC1(C(=O)O)CCC1.Cc1nc(N2CC(C3CCCNC3)C2)nc(N)c1Cl. The maximum atomic E-state index is 10.3. The number of aliphatic carboxylic acids is 1. The van der Waals surface area contributed by atoms with Gasteiger partial charge < -0.3 is 21.1 Å². The quantitative estimate of drug-likeness (QED) is 0.722. The van der Waals surface area contributed by atoms with Gasteiger partial charge in [-0.1, -0.05) is 18.0 Å². The molecule has 1 aliphatic carbocycles. The molecule has 0 amide bonds. The Hall–Kier alpha value is -1.60. The van der Waals surface area contributed by atoms with Crippen molar-refractivity contribution in [2.24, 2.45) is 17.3 Å². The Morgan fingerprint density at radius 1 is 1.30 bits per heavy atom. The van der Waals surface area contributed by atoms with Gasteiger partial charge in [0.15, 0.2) is 0 Å². The first kappa shape index (κ1) is 20.1. The number of nitrogens with zero attached hydrogens (tertiary/aromatic N) is 3. The van der Waals surface area contributed by atoms with Gasteiger partial charge in [-0.2, -0.15) is 4.98 Å². The number of rotatable bonds is 3. The maximum absolute atomic E-state index is 10.3. The molecule has 1 atom stereocenters. The van der Waals surface area contributed by atoms with E-state index in [2.05, 4.69) is 20.2 Å². The van der Waals surface area contributed by atoms with E-state index in [9.17, 15) is 4.79 Å². The normalized spacial score (nSPS) is 24.3. The third kappa shape index (κ3) is 4.46. The molecule has 3 aliphatic rings. The van der Waals surface area contributed by atoms with Crippen LogP contribution >= 0.6 is 11.6 Å².